The highest BCUT2D eigenvalue weighted by Crippen LogP contribution is 2.29. The van der Waals surface area contributed by atoms with E-state index >= 15 is 0 Å². The lowest BCUT2D eigenvalue weighted by molar-refractivity contribution is 0.137. The third-order valence-corrected chi connectivity index (χ3v) is 3.41. The summed E-state index contributed by atoms with van der Waals surface area (Å²) < 4.78 is 5.12. The van der Waals surface area contributed by atoms with E-state index in [9.17, 15) is 0 Å². The van der Waals surface area contributed by atoms with Gasteiger partial charge in [-0.2, -0.15) is 0 Å². The first-order valence-corrected chi connectivity index (χ1v) is 5.81. The molecule has 0 bridgehead atoms. The highest BCUT2D eigenvalue weighted by molar-refractivity contribution is 5.52. The summed E-state index contributed by atoms with van der Waals surface area (Å²) in [6, 6.07) is 6.75. The van der Waals surface area contributed by atoms with E-state index in [0.29, 0.717) is 6.04 Å². The van der Waals surface area contributed by atoms with Gasteiger partial charge in [0.05, 0.1) is 0 Å². The van der Waals surface area contributed by atoms with Gasteiger partial charge in [-0.05, 0) is 30.5 Å². The van der Waals surface area contributed by atoms with Crippen LogP contribution in [0.2, 0.25) is 0 Å². The number of hydrogen-bond acceptors (Lipinski definition) is 3. The number of rotatable bonds is 4. The topological polar surface area (TPSA) is 38.5 Å². The van der Waals surface area contributed by atoms with Crippen molar-refractivity contribution in [1.82, 2.24) is 4.90 Å². The molecule has 1 atom stereocenters. The molecule has 1 aliphatic rings. The predicted molar refractivity (Wildman–Crippen MR) is 66.1 cm³/mol. The molecule has 88 valence electrons. The maximum Gasteiger partial charge on any atom is 0.0477 e. The van der Waals surface area contributed by atoms with Gasteiger partial charge in [0.15, 0.2) is 0 Å². The summed E-state index contributed by atoms with van der Waals surface area (Å²) in [5.74, 6) is 0. The van der Waals surface area contributed by atoms with Crippen LogP contribution in [0.3, 0.4) is 0 Å². The first kappa shape index (κ1) is 11.4. The first-order chi connectivity index (χ1) is 7.72. The molecule has 0 aliphatic carbocycles. The van der Waals surface area contributed by atoms with Crippen LogP contribution >= 0.6 is 0 Å². The molecule has 0 radical (unpaired) electrons. The van der Waals surface area contributed by atoms with Crippen LogP contribution in [0.4, 0.5) is 5.69 Å². The Bertz CT molecular complexity index is 365. The van der Waals surface area contributed by atoms with Gasteiger partial charge in [0.1, 0.15) is 0 Å². The van der Waals surface area contributed by atoms with Crippen LogP contribution < -0.4 is 5.73 Å². The van der Waals surface area contributed by atoms with Gasteiger partial charge in [0.2, 0.25) is 0 Å². The van der Waals surface area contributed by atoms with Crippen LogP contribution in [0.25, 0.3) is 0 Å². The Morgan fingerprint density at radius 2 is 2.25 bits per heavy atom. The fraction of sp³-hybridized carbons (Fsp3) is 0.538. The molecule has 0 aromatic heterocycles. The Labute approximate surface area is 97.2 Å². The molecule has 1 unspecified atom stereocenters. The summed E-state index contributed by atoms with van der Waals surface area (Å²) in [5, 5.41) is 0. The lowest BCUT2D eigenvalue weighted by Gasteiger charge is -2.23. The van der Waals surface area contributed by atoms with Crippen molar-refractivity contribution in [3.8, 4) is 0 Å². The fourth-order valence-electron chi connectivity index (χ4n) is 2.26. The Morgan fingerprint density at radius 3 is 2.94 bits per heavy atom. The third-order valence-electron chi connectivity index (χ3n) is 3.41. The molecule has 2 rings (SSSR count). The van der Waals surface area contributed by atoms with Crippen LogP contribution in [-0.4, -0.2) is 24.7 Å². The molecule has 1 heterocycles. The van der Waals surface area contributed by atoms with Gasteiger partial charge in [0.25, 0.3) is 0 Å². The van der Waals surface area contributed by atoms with Gasteiger partial charge >= 0.3 is 0 Å². The van der Waals surface area contributed by atoms with Crippen LogP contribution in [-0.2, 0) is 17.8 Å². The second-order valence-electron chi connectivity index (χ2n) is 4.52. The van der Waals surface area contributed by atoms with E-state index in [1.165, 1.54) is 11.1 Å². The minimum absolute atomic E-state index is 0.548. The monoisotopic (exact) mass is 220 g/mol. The zero-order chi connectivity index (χ0) is 11.5. The molecule has 0 spiro atoms. The molecule has 16 heavy (non-hydrogen) atoms. The molecule has 0 saturated heterocycles. The number of benzene rings is 1. The van der Waals surface area contributed by atoms with Crippen molar-refractivity contribution in [3.63, 3.8) is 0 Å². The number of nitrogens with zero attached hydrogens (tertiary/aromatic N) is 1. The van der Waals surface area contributed by atoms with Gasteiger partial charge in [-0.3, -0.25) is 4.90 Å². The Balaban J connectivity index is 2.02. The van der Waals surface area contributed by atoms with E-state index < -0.39 is 0 Å². The summed E-state index contributed by atoms with van der Waals surface area (Å²) in [4.78, 5) is 2.46. The first-order valence-electron chi connectivity index (χ1n) is 5.81. The minimum Gasteiger partial charge on any atom is -0.398 e. The van der Waals surface area contributed by atoms with E-state index in [4.69, 9.17) is 10.5 Å². The summed E-state index contributed by atoms with van der Waals surface area (Å²) in [6.45, 7) is 5.07. The molecule has 2 N–H and O–H groups in total. The SMILES string of the molecule is COCCC(C)N1Cc2cccc(N)c2C1. The Kier molecular flexibility index (Phi) is 3.46. The average Bonchev–Trinajstić information content (AvgIpc) is 2.71. The molecule has 1 aliphatic heterocycles. The van der Waals surface area contributed by atoms with Crippen molar-refractivity contribution in [1.29, 1.82) is 0 Å². The molecule has 0 amide bonds. The zero-order valence-corrected chi connectivity index (χ0v) is 10.1. The van der Waals surface area contributed by atoms with Crippen LogP contribution in [0.1, 0.15) is 24.5 Å². The molecule has 1 aromatic carbocycles. The van der Waals surface area contributed by atoms with Crippen LogP contribution in [0.5, 0.6) is 0 Å². The summed E-state index contributed by atoms with van der Waals surface area (Å²) >= 11 is 0. The molecule has 3 nitrogen and oxygen atoms in total. The van der Waals surface area contributed by atoms with Crippen molar-refractivity contribution >= 4 is 5.69 Å². The second kappa shape index (κ2) is 4.85. The molecule has 0 fully saturated rings. The van der Waals surface area contributed by atoms with Crippen molar-refractivity contribution in [2.24, 2.45) is 0 Å². The van der Waals surface area contributed by atoms with E-state index in [0.717, 1.165) is 31.8 Å². The number of nitrogens with two attached hydrogens (primary N) is 1. The molecule has 0 saturated carbocycles. The van der Waals surface area contributed by atoms with Crippen LogP contribution in [0, 0.1) is 0 Å². The van der Waals surface area contributed by atoms with Gasteiger partial charge in [-0.25, -0.2) is 0 Å². The molecular formula is C13H20N2O. The Morgan fingerprint density at radius 1 is 1.44 bits per heavy atom. The standard InChI is InChI=1S/C13H20N2O/c1-10(6-7-16-2)15-8-11-4-3-5-13(14)12(11)9-15/h3-5,10H,6-9,14H2,1-2H3. The summed E-state index contributed by atoms with van der Waals surface area (Å²) in [5.41, 5.74) is 9.60. The second-order valence-corrected chi connectivity index (χ2v) is 4.52. The normalized spacial score (nSPS) is 17.4. The minimum atomic E-state index is 0.548. The number of ether oxygens (including phenoxy) is 1. The van der Waals surface area contributed by atoms with Gasteiger partial charge in [-0.15, -0.1) is 0 Å². The zero-order valence-electron chi connectivity index (χ0n) is 10.1. The van der Waals surface area contributed by atoms with Crippen molar-refractivity contribution < 1.29 is 4.74 Å². The van der Waals surface area contributed by atoms with Crippen molar-refractivity contribution in [2.75, 3.05) is 19.5 Å². The van der Waals surface area contributed by atoms with Gasteiger partial charge in [0, 0.05) is 38.5 Å². The van der Waals surface area contributed by atoms with Gasteiger partial charge in [-0.1, -0.05) is 12.1 Å². The highest BCUT2D eigenvalue weighted by atomic mass is 16.5. The number of nitrogen functional groups attached to an aromatic ring is 1. The number of anilines is 1. The lowest BCUT2D eigenvalue weighted by Crippen LogP contribution is -2.28. The maximum absolute atomic E-state index is 5.98. The van der Waals surface area contributed by atoms with Crippen molar-refractivity contribution in [2.45, 2.75) is 32.5 Å². The quantitative estimate of drug-likeness (QED) is 0.789. The largest absolute Gasteiger partial charge is 0.398 e. The number of hydrogen-bond donors (Lipinski definition) is 1. The molecular weight excluding hydrogens is 200 g/mol. The van der Waals surface area contributed by atoms with Gasteiger partial charge < -0.3 is 10.5 Å². The van der Waals surface area contributed by atoms with Crippen molar-refractivity contribution in [3.05, 3.63) is 29.3 Å². The van der Waals surface area contributed by atoms with E-state index in [1.54, 1.807) is 7.11 Å². The number of fused-ring (bicyclic) bond motifs is 1. The highest BCUT2D eigenvalue weighted by Gasteiger charge is 2.24. The third kappa shape index (κ3) is 2.20. The fourth-order valence-corrected chi connectivity index (χ4v) is 2.26. The lowest BCUT2D eigenvalue weighted by atomic mass is 10.1. The molecule has 3 heteroatoms. The maximum atomic E-state index is 5.98. The number of methoxy groups -OCH3 is 1. The Hall–Kier alpha value is -1.06. The predicted octanol–water partition coefficient (Wildman–Crippen LogP) is 2.01. The van der Waals surface area contributed by atoms with E-state index in [2.05, 4.69) is 17.9 Å². The average molecular weight is 220 g/mol. The van der Waals surface area contributed by atoms with E-state index in [1.807, 2.05) is 12.1 Å². The summed E-state index contributed by atoms with van der Waals surface area (Å²) in [7, 11) is 1.75. The summed E-state index contributed by atoms with van der Waals surface area (Å²) in [6.07, 6.45) is 1.07. The smallest absolute Gasteiger partial charge is 0.0477 e. The van der Waals surface area contributed by atoms with E-state index in [-0.39, 0.29) is 0 Å². The van der Waals surface area contributed by atoms with Crippen LogP contribution in [0.15, 0.2) is 18.2 Å². The molecule has 1 aromatic rings.